The van der Waals surface area contributed by atoms with Crippen LogP contribution < -0.4 is 9.47 Å². The number of halogens is 2. The van der Waals surface area contributed by atoms with Gasteiger partial charge in [-0.15, -0.1) is 0 Å². The minimum absolute atomic E-state index is 0.189. The maximum absolute atomic E-state index is 12.4. The van der Waals surface area contributed by atoms with Crippen LogP contribution in [0.2, 0.25) is 5.02 Å². The second-order valence-electron chi connectivity index (χ2n) is 7.10. The summed E-state index contributed by atoms with van der Waals surface area (Å²) in [5.41, 5.74) is 3.61. The van der Waals surface area contributed by atoms with Crippen molar-refractivity contribution < 1.29 is 19.0 Å². The fraction of sp³-hybridized carbons (Fsp3) is 0.120. The molecule has 4 rings (SSSR count). The van der Waals surface area contributed by atoms with E-state index in [0.717, 1.165) is 20.3 Å². The molecule has 162 valence electrons. The minimum Gasteiger partial charge on any atom is -0.493 e. The monoisotopic (exact) mass is 559 g/mol. The van der Waals surface area contributed by atoms with Crippen LogP contribution in [0, 0.1) is 10.5 Å². The molecule has 0 bridgehead atoms. The normalized spacial score (nSPS) is 14.3. The van der Waals surface area contributed by atoms with Gasteiger partial charge in [0.1, 0.15) is 6.61 Å². The summed E-state index contributed by atoms with van der Waals surface area (Å²) in [5, 5.41) is 0.372. The van der Waals surface area contributed by atoms with Crippen LogP contribution in [0.1, 0.15) is 22.3 Å². The quantitative estimate of drug-likeness (QED) is 0.205. The Balaban J connectivity index is 1.60. The first-order chi connectivity index (χ1) is 15.4. The predicted octanol–water partition coefficient (Wildman–Crippen LogP) is 6.19. The zero-order valence-electron chi connectivity index (χ0n) is 17.4. The first-order valence-electron chi connectivity index (χ1n) is 9.78. The van der Waals surface area contributed by atoms with Gasteiger partial charge in [0.05, 0.1) is 12.1 Å². The number of aryl methyl sites for hydroxylation is 1. The molecule has 3 aromatic rings. The molecule has 0 N–H and O–H groups in total. The summed E-state index contributed by atoms with van der Waals surface area (Å²) in [6, 6.07) is 19.1. The number of esters is 1. The van der Waals surface area contributed by atoms with Gasteiger partial charge in [-0.05, 0) is 82.6 Å². The number of ether oxygens (including phenoxy) is 3. The van der Waals surface area contributed by atoms with Gasteiger partial charge in [-0.2, -0.15) is 0 Å². The zero-order valence-corrected chi connectivity index (χ0v) is 20.3. The van der Waals surface area contributed by atoms with Crippen LogP contribution in [-0.4, -0.2) is 19.0 Å². The Hall–Kier alpha value is -2.84. The van der Waals surface area contributed by atoms with E-state index >= 15 is 0 Å². The van der Waals surface area contributed by atoms with Gasteiger partial charge < -0.3 is 14.2 Å². The predicted molar refractivity (Wildman–Crippen MR) is 133 cm³/mol. The van der Waals surface area contributed by atoms with E-state index in [1.165, 1.54) is 0 Å². The second kappa shape index (κ2) is 9.75. The van der Waals surface area contributed by atoms with Gasteiger partial charge >= 0.3 is 5.97 Å². The summed E-state index contributed by atoms with van der Waals surface area (Å²) in [6.07, 6.45) is 1.62. The van der Waals surface area contributed by atoms with Crippen molar-refractivity contribution in [3.63, 3.8) is 0 Å². The number of carbonyl (C=O) groups excluding carboxylic acids is 1. The smallest absolute Gasteiger partial charge is 0.363 e. The van der Waals surface area contributed by atoms with Crippen LogP contribution in [0.4, 0.5) is 0 Å². The van der Waals surface area contributed by atoms with Gasteiger partial charge in [-0.25, -0.2) is 9.79 Å². The lowest BCUT2D eigenvalue weighted by atomic mass is 10.1. The average Bonchev–Trinajstić information content (AvgIpc) is 3.13. The molecule has 0 atom stereocenters. The summed E-state index contributed by atoms with van der Waals surface area (Å²) < 4.78 is 17.9. The molecule has 1 aliphatic heterocycles. The third kappa shape index (κ3) is 4.97. The highest BCUT2D eigenvalue weighted by molar-refractivity contribution is 14.1. The molecule has 32 heavy (non-hydrogen) atoms. The number of cyclic esters (lactones) is 1. The van der Waals surface area contributed by atoms with Crippen molar-refractivity contribution in [3.05, 3.63) is 97.2 Å². The number of hydrogen-bond acceptors (Lipinski definition) is 5. The molecule has 5 nitrogen and oxygen atoms in total. The van der Waals surface area contributed by atoms with Crippen molar-refractivity contribution in [1.82, 2.24) is 0 Å². The Labute approximate surface area is 204 Å². The van der Waals surface area contributed by atoms with E-state index in [-0.39, 0.29) is 11.6 Å². The Bertz CT molecular complexity index is 1250. The molecule has 7 heteroatoms. The lowest BCUT2D eigenvalue weighted by molar-refractivity contribution is -0.129. The Morgan fingerprint density at radius 2 is 1.94 bits per heavy atom. The zero-order chi connectivity index (χ0) is 22.7. The molecule has 0 fully saturated rings. The maximum atomic E-state index is 12.4. The highest BCUT2D eigenvalue weighted by Gasteiger charge is 2.25. The number of carbonyl (C=O) groups is 1. The largest absolute Gasteiger partial charge is 0.493 e. The number of hydrogen-bond donors (Lipinski definition) is 0. The molecule has 0 aliphatic carbocycles. The van der Waals surface area contributed by atoms with Crippen molar-refractivity contribution in [2.45, 2.75) is 13.5 Å². The van der Waals surface area contributed by atoms with Crippen molar-refractivity contribution in [3.8, 4) is 11.5 Å². The lowest BCUT2D eigenvalue weighted by Gasteiger charge is -2.13. The molecule has 3 aromatic carbocycles. The summed E-state index contributed by atoms with van der Waals surface area (Å²) in [6.45, 7) is 2.29. The molecule has 0 aromatic heterocycles. The second-order valence-corrected chi connectivity index (χ2v) is 8.76. The van der Waals surface area contributed by atoms with E-state index in [1.54, 1.807) is 25.3 Å². The molecular formula is C25H19ClINO4. The molecule has 0 amide bonds. The van der Waals surface area contributed by atoms with Crippen LogP contribution >= 0.6 is 34.2 Å². The van der Waals surface area contributed by atoms with E-state index in [4.69, 9.17) is 25.8 Å². The van der Waals surface area contributed by atoms with E-state index in [9.17, 15) is 4.79 Å². The first-order valence-corrected chi connectivity index (χ1v) is 11.2. The van der Waals surface area contributed by atoms with Crippen molar-refractivity contribution in [1.29, 1.82) is 0 Å². The third-order valence-electron chi connectivity index (χ3n) is 4.82. The van der Waals surface area contributed by atoms with Gasteiger partial charge in [0.2, 0.25) is 5.90 Å². The summed E-state index contributed by atoms with van der Waals surface area (Å²) in [5.74, 6) is 0.671. The molecular weight excluding hydrogens is 541 g/mol. The number of nitrogens with zero attached hydrogens (tertiary/aromatic N) is 1. The van der Waals surface area contributed by atoms with E-state index in [1.807, 2.05) is 55.5 Å². The van der Waals surface area contributed by atoms with Crippen LogP contribution in [0.3, 0.4) is 0 Å². The highest BCUT2D eigenvalue weighted by atomic mass is 127. The van der Waals surface area contributed by atoms with Crippen molar-refractivity contribution >= 4 is 52.1 Å². The average molecular weight is 560 g/mol. The van der Waals surface area contributed by atoms with Crippen LogP contribution in [0.25, 0.3) is 6.08 Å². The molecule has 1 heterocycles. The van der Waals surface area contributed by atoms with E-state index in [2.05, 4.69) is 27.6 Å². The Morgan fingerprint density at radius 1 is 1.12 bits per heavy atom. The fourth-order valence-electron chi connectivity index (χ4n) is 3.24. The van der Waals surface area contributed by atoms with Crippen LogP contribution in [0.5, 0.6) is 11.5 Å². The van der Waals surface area contributed by atoms with Crippen LogP contribution in [-0.2, 0) is 16.1 Å². The fourth-order valence-corrected chi connectivity index (χ4v) is 4.12. The number of methoxy groups -OCH3 is 1. The van der Waals surface area contributed by atoms with E-state index < -0.39 is 5.97 Å². The van der Waals surface area contributed by atoms with Crippen LogP contribution in [0.15, 0.2) is 71.4 Å². The Kier molecular flexibility index (Phi) is 6.81. The minimum atomic E-state index is -0.516. The van der Waals surface area contributed by atoms with E-state index in [0.29, 0.717) is 28.7 Å². The molecule has 0 spiro atoms. The summed E-state index contributed by atoms with van der Waals surface area (Å²) in [4.78, 5) is 16.7. The van der Waals surface area contributed by atoms with Gasteiger partial charge in [0.25, 0.3) is 0 Å². The molecule has 0 saturated heterocycles. The van der Waals surface area contributed by atoms with Gasteiger partial charge in [-0.3, -0.25) is 0 Å². The summed E-state index contributed by atoms with van der Waals surface area (Å²) >= 11 is 8.75. The first kappa shape index (κ1) is 22.4. The topological polar surface area (TPSA) is 57.1 Å². The molecule has 0 unspecified atom stereocenters. The molecule has 1 aliphatic rings. The van der Waals surface area contributed by atoms with Gasteiger partial charge in [0.15, 0.2) is 17.2 Å². The number of rotatable bonds is 6. The van der Waals surface area contributed by atoms with Gasteiger partial charge in [0, 0.05) is 9.13 Å². The number of benzene rings is 3. The molecule has 0 radical (unpaired) electrons. The molecule has 0 saturated carbocycles. The van der Waals surface area contributed by atoms with Gasteiger partial charge in [-0.1, -0.05) is 41.9 Å². The van der Waals surface area contributed by atoms with Crippen molar-refractivity contribution in [2.24, 2.45) is 4.99 Å². The third-order valence-corrected chi connectivity index (χ3v) is 5.78. The maximum Gasteiger partial charge on any atom is 0.363 e. The SMILES string of the molecule is COc1cc(/C=C2\N=C(c3ccccc3C)OC2=O)cc(Cl)c1OCc1cccc(I)c1. The standard InChI is InChI=1S/C25H19ClINO4/c1-15-6-3-4-9-19(15)24-28-21(25(29)32-24)12-17-11-20(26)23(22(13-17)30-2)31-14-16-7-5-8-18(27)10-16/h3-13H,14H2,1-2H3/b21-12-. The Morgan fingerprint density at radius 3 is 2.69 bits per heavy atom. The number of aliphatic imine (C=N–C) groups is 1. The lowest BCUT2D eigenvalue weighted by Crippen LogP contribution is -2.06. The highest BCUT2D eigenvalue weighted by Crippen LogP contribution is 2.38. The summed E-state index contributed by atoms with van der Waals surface area (Å²) in [7, 11) is 1.54. The van der Waals surface area contributed by atoms with Crippen molar-refractivity contribution in [2.75, 3.05) is 7.11 Å².